The monoisotopic (exact) mass is 458 g/mol. The first-order valence-electron chi connectivity index (χ1n) is 12.5. The molecule has 0 heterocycles. The standard InChI is InChI=1S/C24H42O6S/c1-4-17-20-14-16(25)9-11-24(20,3)19-10-12-23(2)15(6-5-13-30-31(27,28)29)7-8-18(23)21(19)22(17)26/h15-22,25-26H,4-14H2,1-3H3,(H,27,28,29)/t15-,16+,17+,18-,19-,20-,21-,22+,23+,24+/m0/s1. The summed E-state index contributed by atoms with van der Waals surface area (Å²) >= 11 is 0. The van der Waals surface area contributed by atoms with E-state index >= 15 is 0 Å². The van der Waals surface area contributed by atoms with Crippen LogP contribution in [0.4, 0.5) is 0 Å². The smallest absolute Gasteiger partial charge is 0.393 e. The van der Waals surface area contributed by atoms with E-state index in [1.54, 1.807) is 0 Å². The summed E-state index contributed by atoms with van der Waals surface area (Å²) in [7, 11) is -4.36. The first-order chi connectivity index (χ1) is 14.5. The molecule has 0 aliphatic heterocycles. The number of aliphatic hydroxyl groups excluding tert-OH is 2. The van der Waals surface area contributed by atoms with Gasteiger partial charge in [-0.25, -0.2) is 4.18 Å². The molecule has 4 fully saturated rings. The molecule has 7 heteroatoms. The highest BCUT2D eigenvalue weighted by Gasteiger charge is 2.64. The Morgan fingerprint density at radius 3 is 2.32 bits per heavy atom. The van der Waals surface area contributed by atoms with Crippen LogP contribution in [0.2, 0.25) is 0 Å². The maximum absolute atomic E-state index is 11.7. The van der Waals surface area contributed by atoms with E-state index in [9.17, 15) is 18.6 Å². The number of fused-ring (bicyclic) bond motifs is 5. The van der Waals surface area contributed by atoms with Crippen LogP contribution in [0.25, 0.3) is 0 Å². The third-order valence-electron chi connectivity index (χ3n) is 10.5. The van der Waals surface area contributed by atoms with Crippen molar-refractivity contribution in [2.45, 2.75) is 97.2 Å². The van der Waals surface area contributed by atoms with Gasteiger partial charge in [-0.05, 0) is 104 Å². The minimum Gasteiger partial charge on any atom is -0.393 e. The van der Waals surface area contributed by atoms with Gasteiger partial charge >= 0.3 is 10.4 Å². The van der Waals surface area contributed by atoms with Gasteiger partial charge in [0.2, 0.25) is 0 Å². The Balaban J connectivity index is 1.52. The minimum atomic E-state index is -4.36. The molecule has 0 amide bonds. The number of rotatable bonds is 6. The Morgan fingerprint density at radius 1 is 0.968 bits per heavy atom. The average molecular weight is 459 g/mol. The molecule has 4 rings (SSSR count). The fourth-order valence-corrected chi connectivity index (χ4v) is 9.36. The Morgan fingerprint density at radius 2 is 1.65 bits per heavy atom. The molecule has 4 aliphatic carbocycles. The minimum absolute atomic E-state index is 0.0325. The molecule has 180 valence electrons. The van der Waals surface area contributed by atoms with E-state index < -0.39 is 10.4 Å². The molecule has 6 nitrogen and oxygen atoms in total. The second-order valence-electron chi connectivity index (χ2n) is 11.6. The maximum Gasteiger partial charge on any atom is 0.397 e. The van der Waals surface area contributed by atoms with E-state index in [0.29, 0.717) is 36.0 Å². The molecule has 3 N–H and O–H groups in total. The third-order valence-corrected chi connectivity index (χ3v) is 11.0. The molecule has 10 atom stereocenters. The topological polar surface area (TPSA) is 104 Å². The Hall–Kier alpha value is -0.210. The highest BCUT2D eigenvalue weighted by Crippen LogP contribution is 2.69. The van der Waals surface area contributed by atoms with Gasteiger partial charge in [-0.15, -0.1) is 0 Å². The molecule has 0 aromatic rings. The van der Waals surface area contributed by atoms with E-state index in [-0.39, 0.29) is 35.6 Å². The van der Waals surface area contributed by atoms with Gasteiger partial charge in [0.1, 0.15) is 0 Å². The van der Waals surface area contributed by atoms with Crippen molar-refractivity contribution in [3.05, 3.63) is 0 Å². The van der Waals surface area contributed by atoms with Gasteiger partial charge in [-0.3, -0.25) is 4.55 Å². The lowest BCUT2D eigenvalue weighted by atomic mass is 9.41. The van der Waals surface area contributed by atoms with Crippen LogP contribution in [0.3, 0.4) is 0 Å². The molecule has 0 saturated heterocycles. The van der Waals surface area contributed by atoms with Crippen LogP contribution in [0.1, 0.15) is 85.0 Å². The lowest BCUT2D eigenvalue weighted by Crippen LogP contribution is -2.62. The van der Waals surface area contributed by atoms with E-state index in [0.717, 1.165) is 57.8 Å². The van der Waals surface area contributed by atoms with Gasteiger partial charge in [0.05, 0.1) is 18.8 Å². The summed E-state index contributed by atoms with van der Waals surface area (Å²) in [6.07, 6.45) is 9.36. The quantitative estimate of drug-likeness (QED) is 0.407. The van der Waals surface area contributed by atoms with Crippen molar-refractivity contribution in [1.29, 1.82) is 0 Å². The second-order valence-corrected chi connectivity index (χ2v) is 12.7. The van der Waals surface area contributed by atoms with E-state index in [2.05, 4.69) is 25.0 Å². The van der Waals surface area contributed by atoms with Crippen LogP contribution in [0.5, 0.6) is 0 Å². The van der Waals surface area contributed by atoms with Crippen molar-refractivity contribution in [2.24, 2.45) is 46.3 Å². The summed E-state index contributed by atoms with van der Waals surface area (Å²) in [4.78, 5) is 0. The predicted molar refractivity (Wildman–Crippen MR) is 119 cm³/mol. The zero-order valence-electron chi connectivity index (χ0n) is 19.4. The third kappa shape index (κ3) is 4.11. The lowest BCUT2D eigenvalue weighted by Gasteiger charge is -2.64. The summed E-state index contributed by atoms with van der Waals surface area (Å²) in [5.74, 6) is 2.56. The van der Waals surface area contributed by atoms with Gasteiger partial charge in [0.15, 0.2) is 0 Å². The second kappa shape index (κ2) is 8.53. The summed E-state index contributed by atoms with van der Waals surface area (Å²) in [6, 6.07) is 0. The summed E-state index contributed by atoms with van der Waals surface area (Å²) in [5.41, 5.74) is 0.391. The van der Waals surface area contributed by atoms with Crippen LogP contribution in [0, 0.1) is 46.3 Å². The van der Waals surface area contributed by atoms with Gasteiger partial charge < -0.3 is 10.2 Å². The molecule has 0 spiro atoms. The Kier molecular flexibility index (Phi) is 6.59. The van der Waals surface area contributed by atoms with Crippen molar-refractivity contribution in [3.63, 3.8) is 0 Å². The normalized spacial score (nSPS) is 49.9. The van der Waals surface area contributed by atoms with Crippen LogP contribution in [0.15, 0.2) is 0 Å². The molecule has 0 bridgehead atoms. The molecular weight excluding hydrogens is 416 g/mol. The molecule has 0 unspecified atom stereocenters. The van der Waals surface area contributed by atoms with Crippen molar-refractivity contribution < 1.29 is 27.4 Å². The summed E-state index contributed by atoms with van der Waals surface area (Å²) in [6.45, 7) is 7.09. The first kappa shape index (κ1) is 23.9. The van der Waals surface area contributed by atoms with Gasteiger partial charge in [-0.2, -0.15) is 8.42 Å². The molecule has 0 aromatic heterocycles. The van der Waals surface area contributed by atoms with Crippen LogP contribution in [-0.4, -0.2) is 42.0 Å². The van der Waals surface area contributed by atoms with Crippen LogP contribution < -0.4 is 0 Å². The molecule has 4 aliphatic rings. The summed E-state index contributed by atoms with van der Waals surface area (Å²) in [5, 5.41) is 22.1. The molecule has 4 saturated carbocycles. The van der Waals surface area contributed by atoms with Crippen molar-refractivity contribution in [3.8, 4) is 0 Å². The number of hydrogen-bond acceptors (Lipinski definition) is 5. The van der Waals surface area contributed by atoms with E-state index in [1.165, 1.54) is 0 Å². The molecule has 31 heavy (non-hydrogen) atoms. The van der Waals surface area contributed by atoms with E-state index in [4.69, 9.17) is 4.55 Å². The van der Waals surface area contributed by atoms with Crippen molar-refractivity contribution >= 4 is 10.4 Å². The Bertz CT molecular complexity index is 755. The highest BCUT2D eigenvalue weighted by atomic mass is 32.3. The predicted octanol–water partition coefficient (Wildman–Crippen LogP) is 4.21. The molecular formula is C24H42O6S. The first-order valence-corrected chi connectivity index (χ1v) is 13.9. The number of hydrogen-bond donors (Lipinski definition) is 3. The van der Waals surface area contributed by atoms with Gasteiger partial charge in [-0.1, -0.05) is 27.2 Å². The molecule has 0 aromatic carbocycles. The zero-order valence-corrected chi connectivity index (χ0v) is 20.2. The van der Waals surface area contributed by atoms with Crippen LogP contribution >= 0.6 is 0 Å². The maximum atomic E-state index is 11.7. The van der Waals surface area contributed by atoms with Crippen molar-refractivity contribution in [1.82, 2.24) is 0 Å². The molecule has 0 radical (unpaired) electrons. The highest BCUT2D eigenvalue weighted by molar-refractivity contribution is 7.80. The van der Waals surface area contributed by atoms with Gasteiger partial charge in [0.25, 0.3) is 0 Å². The lowest BCUT2D eigenvalue weighted by molar-refractivity contribution is -0.202. The number of aliphatic hydroxyl groups is 2. The van der Waals surface area contributed by atoms with Crippen molar-refractivity contribution in [2.75, 3.05) is 6.61 Å². The van der Waals surface area contributed by atoms with Crippen LogP contribution in [-0.2, 0) is 14.6 Å². The van der Waals surface area contributed by atoms with Gasteiger partial charge in [0, 0.05) is 0 Å². The summed E-state index contributed by atoms with van der Waals surface area (Å²) < 4.78 is 35.0. The Labute approximate surface area is 188 Å². The zero-order chi connectivity index (χ0) is 22.6. The fraction of sp³-hybridized carbons (Fsp3) is 1.00. The van der Waals surface area contributed by atoms with E-state index in [1.807, 2.05) is 0 Å². The average Bonchev–Trinajstić information content (AvgIpc) is 3.02. The largest absolute Gasteiger partial charge is 0.397 e. The SMILES string of the molecule is CC[C@H]1[C@@H](O)[C@@H]2[C@H](CC[C@]3(C)[C@@H](CCCOS(=O)(=O)O)CC[C@@H]23)[C@@]2(C)CC[C@@H](O)C[C@@H]12. The fourth-order valence-electron chi connectivity index (χ4n) is 9.03.